The summed E-state index contributed by atoms with van der Waals surface area (Å²) in [6, 6.07) is -0.232. The lowest BCUT2D eigenvalue weighted by Gasteiger charge is -2.17. The van der Waals surface area contributed by atoms with Crippen molar-refractivity contribution in [1.29, 1.82) is 0 Å². The van der Waals surface area contributed by atoms with Crippen LogP contribution in [0.1, 0.15) is 13.3 Å². The Morgan fingerprint density at radius 3 is 3.07 bits per heavy atom. The lowest BCUT2D eigenvalue weighted by atomic mass is 10.2. The number of carbonyl (C=O) groups is 2. The fraction of sp³-hybridized carbons (Fsp3) is 0.600. The summed E-state index contributed by atoms with van der Waals surface area (Å²) in [4.78, 5) is 22.4. The van der Waals surface area contributed by atoms with E-state index >= 15 is 0 Å². The van der Waals surface area contributed by atoms with Gasteiger partial charge in [-0.1, -0.05) is 6.08 Å². The van der Waals surface area contributed by atoms with Crippen molar-refractivity contribution in [3.8, 4) is 0 Å². The first-order valence-electron chi connectivity index (χ1n) is 5.05. The summed E-state index contributed by atoms with van der Waals surface area (Å²) in [5, 5.41) is 8.49. The number of rotatable bonds is 5. The van der Waals surface area contributed by atoms with Crippen molar-refractivity contribution in [2.75, 3.05) is 13.1 Å². The normalized spacial score (nSPS) is 21.9. The van der Waals surface area contributed by atoms with Gasteiger partial charge in [0.05, 0.1) is 6.04 Å². The molecule has 0 radical (unpaired) electrons. The van der Waals surface area contributed by atoms with Crippen LogP contribution in [0.5, 0.6) is 0 Å². The fourth-order valence-electron chi connectivity index (χ4n) is 1.48. The van der Waals surface area contributed by atoms with Crippen LogP contribution < -0.4 is 16.0 Å². The van der Waals surface area contributed by atoms with Crippen LogP contribution in [0, 0.1) is 0 Å². The van der Waals surface area contributed by atoms with E-state index in [2.05, 4.69) is 22.5 Å². The summed E-state index contributed by atoms with van der Waals surface area (Å²) < 4.78 is 0. The van der Waals surface area contributed by atoms with Gasteiger partial charge in [0.2, 0.25) is 11.8 Å². The van der Waals surface area contributed by atoms with Crippen LogP contribution in [-0.2, 0) is 9.59 Å². The molecule has 0 bridgehead atoms. The van der Waals surface area contributed by atoms with Crippen LogP contribution >= 0.6 is 0 Å². The predicted octanol–water partition coefficient (Wildman–Crippen LogP) is -0.845. The Hall–Kier alpha value is -1.36. The van der Waals surface area contributed by atoms with Crippen molar-refractivity contribution in [2.45, 2.75) is 25.4 Å². The largest absolute Gasteiger partial charge is 0.354 e. The topological polar surface area (TPSA) is 70.2 Å². The van der Waals surface area contributed by atoms with Gasteiger partial charge in [0.25, 0.3) is 0 Å². The van der Waals surface area contributed by atoms with E-state index in [9.17, 15) is 9.59 Å². The number of nitrogens with one attached hydrogen (secondary N) is 3. The molecule has 15 heavy (non-hydrogen) atoms. The van der Waals surface area contributed by atoms with Gasteiger partial charge < -0.3 is 16.0 Å². The number of carbonyl (C=O) groups excluding carboxylic acids is 2. The van der Waals surface area contributed by atoms with Gasteiger partial charge in [-0.05, 0) is 6.92 Å². The predicted molar refractivity (Wildman–Crippen MR) is 57.2 cm³/mol. The zero-order valence-electron chi connectivity index (χ0n) is 8.88. The summed E-state index contributed by atoms with van der Waals surface area (Å²) >= 11 is 0. The molecule has 2 unspecified atom stereocenters. The van der Waals surface area contributed by atoms with Crippen LogP contribution in [0.25, 0.3) is 0 Å². The quantitative estimate of drug-likeness (QED) is 0.519. The maximum absolute atomic E-state index is 11.4. The van der Waals surface area contributed by atoms with E-state index in [0.717, 1.165) is 0 Å². The van der Waals surface area contributed by atoms with Crippen molar-refractivity contribution in [2.24, 2.45) is 0 Å². The highest BCUT2D eigenvalue weighted by molar-refractivity contribution is 5.82. The van der Waals surface area contributed by atoms with E-state index in [1.165, 1.54) is 0 Å². The van der Waals surface area contributed by atoms with Gasteiger partial charge in [-0.25, -0.2) is 0 Å². The molecule has 1 rings (SSSR count). The van der Waals surface area contributed by atoms with E-state index in [0.29, 0.717) is 19.5 Å². The molecule has 1 heterocycles. The third kappa shape index (κ3) is 3.71. The number of amides is 2. The third-order valence-corrected chi connectivity index (χ3v) is 2.28. The Morgan fingerprint density at radius 1 is 1.80 bits per heavy atom. The summed E-state index contributed by atoms with van der Waals surface area (Å²) in [5.41, 5.74) is 0. The molecule has 5 nitrogen and oxygen atoms in total. The standard InChI is InChI=1S/C10H17N3O2/c1-3-4-11-10(15)7(2)13-8-5-9(14)12-6-8/h3,7-8,13H,1,4-6H2,2H3,(H,11,15)(H,12,14). The Bertz CT molecular complexity index is 265. The van der Waals surface area contributed by atoms with Gasteiger partial charge in [-0.3, -0.25) is 9.59 Å². The van der Waals surface area contributed by atoms with Crippen molar-refractivity contribution in [1.82, 2.24) is 16.0 Å². The molecule has 0 aromatic heterocycles. The van der Waals surface area contributed by atoms with Gasteiger partial charge in [0.15, 0.2) is 0 Å². The molecule has 2 amide bonds. The average Bonchev–Trinajstić information content (AvgIpc) is 2.60. The molecule has 0 aromatic rings. The maximum Gasteiger partial charge on any atom is 0.237 e. The lowest BCUT2D eigenvalue weighted by Crippen LogP contribution is -2.47. The first-order chi connectivity index (χ1) is 7.13. The van der Waals surface area contributed by atoms with Gasteiger partial charge >= 0.3 is 0 Å². The number of hydrogen-bond acceptors (Lipinski definition) is 3. The van der Waals surface area contributed by atoms with Crippen molar-refractivity contribution >= 4 is 11.8 Å². The molecule has 84 valence electrons. The molecule has 2 atom stereocenters. The first kappa shape index (κ1) is 11.7. The second-order valence-electron chi connectivity index (χ2n) is 3.63. The molecule has 1 aliphatic rings. The average molecular weight is 211 g/mol. The van der Waals surface area contributed by atoms with Crippen LogP contribution in [-0.4, -0.2) is 37.0 Å². The smallest absolute Gasteiger partial charge is 0.237 e. The Kier molecular flexibility index (Phi) is 4.30. The second kappa shape index (κ2) is 5.50. The Morgan fingerprint density at radius 2 is 2.53 bits per heavy atom. The molecular weight excluding hydrogens is 194 g/mol. The van der Waals surface area contributed by atoms with E-state index in [-0.39, 0.29) is 23.9 Å². The summed E-state index contributed by atoms with van der Waals surface area (Å²) in [6.07, 6.45) is 2.07. The molecule has 5 heteroatoms. The third-order valence-electron chi connectivity index (χ3n) is 2.28. The van der Waals surface area contributed by atoms with Crippen molar-refractivity contribution < 1.29 is 9.59 Å². The molecule has 1 saturated heterocycles. The van der Waals surface area contributed by atoms with Crippen LogP contribution in [0.15, 0.2) is 12.7 Å². The van der Waals surface area contributed by atoms with Gasteiger partial charge in [0.1, 0.15) is 0 Å². The van der Waals surface area contributed by atoms with Crippen molar-refractivity contribution in [3.63, 3.8) is 0 Å². The maximum atomic E-state index is 11.4. The lowest BCUT2D eigenvalue weighted by molar-refractivity contribution is -0.123. The van der Waals surface area contributed by atoms with Gasteiger partial charge in [0, 0.05) is 25.6 Å². The van der Waals surface area contributed by atoms with E-state index in [1.54, 1.807) is 13.0 Å². The highest BCUT2D eigenvalue weighted by Crippen LogP contribution is 2.00. The van der Waals surface area contributed by atoms with Gasteiger partial charge in [-0.2, -0.15) is 0 Å². The summed E-state index contributed by atoms with van der Waals surface area (Å²) in [7, 11) is 0. The highest BCUT2D eigenvalue weighted by atomic mass is 16.2. The number of hydrogen-bond donors (Lipinski definition) is 3. The minimum absolute atomic E-state index is 0.0335. The molecule has 1 fully saturated rings. The van der Waals surface area contributed by atoms with Gasteiger partial charge in [-0.15, -0.1) is 6.58 Å². The monoisotopic (exact) mass is 211 g/mol. The zero-order valence-corrected chi connectivity index (χ0v) is 8.88. The summed E-state index contributed by atoms with van der Waals surface area (Å²) in [6.45, 7) is 6.35. The molecule has 0 aromatic carbocycles. The molecule has 0 saturated carbocycles. The van der Waals surface area contributed by atoms with Crippen LogP contribution in [0.3, 0.4) is 0 Å². The fourth-order valence-corrected chi connectivity index (χ4v) is 1.48. The Balaban J connectivity index is 2.28. The SMILES string of the molecule is C=CCNC(=O)C(C)NC1CNC(=O)C1. The van der Waals surface area contributed by atoms with Crippen LogP contribution in [0.2, 0.25) is 0 Å². The molecular formula is C10H17N3O2. The minimum atomic E-state index is -0.289. The first-order valence-corrected chi connectivity index (χ1v) is 5.05. The van der Waals surface area contributed by atoms with E-state index in [4.69, 9.17) is 0 Å². The highest BCUT2D eigenvalue weighted by Gasteiger charge is 2.24. The Labute approximate surface area is 89.3 Å². The van der Waals surface area contributed by atoms with E-state index < -0.39 is 0 Å². The minimum Gasteiger partial charge on any atom is -0.354 e. The molecule has 3 N–H and O–H groups in total. The van der Waals surface area contributed by atoms with Crippen LogP contribution in [0.4, 0.5) is 0 Å². The molecule has 1 aliphatic heterocycles. The second-order valence-corrected chi connectivity index (χ2v) is 3.63. The van der Waals surface area contributed by atoms with Crippen molar-refractivity contribution in [3.05, 3.63) is 12.7 Å². The zero-order chi connectivity index (χ0) is 11.3. The van der Waals surface area contributed by atoms with E-state index in [1.807, 2.05) is 0 Å². The molecule has 0 spiro atoms. The molecule has 0 aliphatic carbocycles. The summed E-state index contributed by atoms with van der Waals surface area (Å²) in [5.74, 6) is -0.0413.